The van der Waals surface area contributed by atoms with Gasteiger partial charge in [0, 0.05) is 18.0 Å². The van der Waals surface area contributed by atoms with E-state index in [9.17, 15) is 4.79 Å². The molecule has 1 aromatic carbocycles. The third-order valence-electron chi connectivity index (χ3n) is 3.79. The summed E-state index contributed by atoms with van der Waals surface area (Å²) in [5.74, 6) is -0.106. The van der Waals surface area contributed by atoms with Crippen LogP contribution in [0.3, 0.4) is 0 Å². The van der Waals surface area contributed by atoms with Crippen LogP contribution in [0.2, 0.25) is 0 Å². The molecule has 3 heterocycles. The van der Waals surface area contributed by atoms with Crippen molar-refractivity contribution in [2.24, 2.45) is 4.99 Å². The van der Waals surface area contributed by atoms with Crippen LogP contribution in [0, 0.1) is 0 Å². The van der Waals surface area contributed by atoms with Crippen molar-refractivity contribution < 1.29 is 4.79 Å². The van der Waals surface area contributed by atoms with Crippen molar-refractivity contribution in [2.75, 3.05) is 0 Å². The summed E-state index contributed by atoms with van der Waals surface area (Å²) in [4.78, 5) is 19.7. The molecule has 0 saturated heterocycles. The molecular weight excluding hydrogens is 274 g/mol. The van der Waals surface area contributed by atoms with Gasteiger partial charge in [0.05, 0.1) is 18.3 Å². The van der Waals surface area contributed by atoms with Crippen LogP contribution < -0.4 is 0 Å². The molecule has 0 atom stereocenters. The number of rotatable bonds is 2. The van der Waals surface area contributed by atoms with E-state index in [0.29, 0.717) is 6.42 Å². The number of aliphatic imine (C=N–C) groups is 1. The van der Waals surface area contributed by atoms with Crippen LogP contribution in [0.1, 0.15) is 12.0 Å². The van der Waals surface area contributed by atoms with E-state index in [1.54, 1.807) is 6.21 Å². The van der Waals surface area contributed by atoms with E-state index in [4.69, 9.17) is 0 Å². The number of amides is 1. The van der Waals surface area contributed by atoms with E-state index in [0.717, 1.165) is 28.0 Å². The van der Waals surface area contributed by atoms with E-state index in [-0.39, 0.29) is 5.91 Å². The Balaban J connectivity index is 1.79. The van der Waals surface area contributed by atoms with Gasteiger partial charge in [-0.25, -0.2) is 9.98 Å². The van der Waals surface area contributed by atoms with Gasteiger partial charge in [0.2, 0.25) is 5.91 Å². The number of carbonyl (C=O) groups excluding carboxylic acids is 1. The Kier molecular flexibility index (Phi) is 2.93. The van der Waals surface area contributed by atoms with Crippen LogP contribution in [0.25, 0.3) is 22.5 Å². The predicted molar refractivity (Wildman–Crippen MR) is 86.7 cm³/mol. The molecule has 0 bridgehead atoms. The fourth-order valence-corrected chi connectivity index (χ4v) is 2.68. The molecule has 0 unspecified atom stereocenters. The standard InChI is InChI=1S/C18H13N3O/c22-18-11-14(6-8-19-18)15-7-9-21-16(12-20-17(21)10-15)13-4-2-1-3-5-13/h1-10,12H,11H2. The number of imidazole rings is 1. The van der Waals surface area contributed by atoms with Crippen LogP contribution in [0.5, 0.6) is 0 Å². The molecule has 4 heteroatoms. The van der Waals surface area contributed by atoms with Crippen molar-refractivity contribution in [3.8, 4) is 11.3 Å². The van der Waals surface area contributed by atoms with Crippen molar-refractivity contribution in [3.63, 3.8) is 0 Å². The number of allylic oxidation sites excluding steroid dienone is 1. The fraction of sp³-hybridized carbons (Fsp3) is 0.0556. The van der Waals surface area contributed by atoms with E-state index >= 15 is 0 Å². The number of aromatic nitrogens is 2. The van der Waals surface area contributed by atoms with Gasteiger partial charge in [0.1, 0.15) is 5.65 Å². The van der Waals surface area contributed by atoms with Crippen molar-refractivity contribution in [1.29, 1.82) is 0 Å². The predicted octanol–water partition coefficient (Wildman–Crippen LogP) is 3.39. The summed E-state index contributed by atoms with van der Waals surface area (Å²) in [5.41, 5.74) is 5.04. The largest absolute Gasteiger partial charge is 0.300 e. The van der Waals surface area contributed by atoms with Crippen molar-refractivity contribution in [2.45, 2.75) is 6.42 Å². The molecule has 0 aliphatic carbocycles. The smallest absolute Gasteiger partial charge is 0.250 e. The SMILES string of the molecule is O=C1CC(c2ccn3c(-c4ccccc4)cnc3c2)=CC=N1. The Morgan fingerprint density at radius 2 is 1.91 bits per heavy atom. The van der Waals surface area contributed by atoms with Gasteiger partial charge in [-0.15, -0.1) is 0 Å². The fourth-order valence-electron chi connectivity index (χ4n) is 2.68. The lowest BCUT2D eigenvalue weighted by molar-refractivity contribution is -0.116. The first kappa shape index (κ1) is 12.7. The lowest BCUT2D eigenvalue weighted by Crippen LogP contribution is -2.02. The normalized spacial score (nSPS) is 14.4. The van der Waals surface area contributed by atoms with Crippen LogP contribution in [-0.4, -0.2) is 21.5 Å². The zero-order valence-electron chi connectivity index (χ0n) is 11.8. The van der Waals surface area contributed by atoms with Crippen LogP contribution in [0.15, 0.2) is 65.9 Å². The van der Waals surface area contributed by atoms with E-state index in [2.05, 4.69) is 26.5 Å². The minimum absolute atomic E-state index is 0.106. The van der Waals surface area contributed by atoms with Crippen LogP contribution in [-0.2, 0) is 4.79 Å². The molecule has 3 aromatic rings. The second-order valence-electron chi connectivity index (χ2n) is 5.19. The maximum atomic E-state index is 11.4. The van der Waals surface area contributed by atoms with Crippen LogP contribution >= 0.6 is 0 Å². The minimum Gasteiger partial charge on any atom is -0.300 e. The van der Waals surface area contributed by atoms with Gasteiger partial charge in [0.25, 0.3) is 0 Å². The molecule has 1 amide bonds. The average molecular weight is 287 g/mol. The first-order valence-electron chi connectivity index (χ1n) is 7.10. The number of benzene rings is 1. The number of hydrogen-bond acceptors (Lipinski definition) is 2. The minimum atomic E-state index is -0.106. The molecule has 106 valence electrons. The van der Waals surface area contributed by atoms with Gasteiger partial charge in [-0.2, -0.15) is 0 Å². The third-order valence-corrected chi connectivity index (χ3v) is 3.79. The summed E-state index contributed by atoms with van der Waals surface area (Å²) in [6.07, 6.45) is 7.66. The summed E-state index contributed by atoms with van der Waals surface area (Å²) < 4.78 is 2.05. The van der Waals surface area contributed by atoms with Gasteiger partial charge in [-0.1, -0.05) is 30.3 Å². The molecule has 1 aliphatic heterocycles. The van der Waals surface area contributed by atoms with Crippen molar-refractivity contribution in [3.05, 3.63) is 66.5 Å². The second kappa shape index (κ2) is 5.07. The number of hydrogen-bond donors (Lipinski definition) is 0. The zero-order valence-corrected chi connectivity index (χ0v) is 11.8. The number of fused-ring (bicyclic) bond motifs is 1. The average Bonchev–Trinajstić information content (AvgIpc) is 2.99. The molecule has 0 saturated carbocycles. The highest BCUT2D eigenvalue weighted by atomic mass is 16.1. The molecule has 0 N–H and O–H groups in total. The monoisotopic (exact) mass is 287 g/mol. The summed E-state index contributed by atoms with van der Waals surface area (Å²) in [6, 6.07) is 14.2. The Morgan fingerprint density at radius 3 is 2.73 bits per heavy atom. The number of carbonyl (C=O) groups is 1. The Bertz CT molecular complexity index is 920. The second-order valence-corrected chi connectivity index (χ2v) is 5.19. The Hall–Kier alpha value is -3.01. The summed E-state index contributed by atoms with van der Waals surface area (Å²) in [5, 5.41) is 0. The highest BCUT2D eigenvalue weighted by molar-refractivity contribution is 6.03. The van der Waals surface area contributed by atoms with E-state index in [1.165, 1.54) is 0 Å². The lowest BCUT2D eigenvalue weighted by Gasteiger charge is -2.09. The highest BCUT2D eigenvalue weighted by Gasteiger charge is 2.12. The van der Waals surface area contributed by atoms with Gasteiger partial charge in [0.15, 0.2) is 0 Å². The summed E-state index contributed by atoms with van der Waals surface area (Å²) in [6.45, 7) is 0. The van der Waals surface area contributed by atoms with Gasteiger partial charge < -0.3 is 0 Å². The molecular formula is C18H13N3O. The molecule has 22 heavy (non-hydrogen) atoms. The molecule has 0 fully saturated rings. The molecule has 0 radical (unpaired) electrons. The van der Waals surface area contributed by atoms with Gasteiger partial charge >= 0.3 is 0 Å². The maximum Gasteiger partial charge on any atom is 0.250 e. The maximum absolute atomic E-state index is 11.4. The first-order chi connectivity index (χ1) is 10.8. The van der Waals surface area contributed by atoms with Crippen molar-refractivity contribution >= 4 is 23.3 Å². The van der Waals surface area contributed by atoms with E-state index in [1.807, 2.05) is 48.8 Å². The summed E-state index contributed by atoms with van der Waals surface area (Å²) in [7, 11) is 0. The lowest BCUT2D eigenvalue weighted by atomic mass is 10.0. The van der Waals surface area contributed by atoms with Gasteiger partial charge in [-0.05, 0) is 29.3 Å². The molecule has 0 spiro atoms. The Morgan fingerprint density at radius 1 is 1.05 bits per heavy atom. The van der Waals surface area contributed by atoms with Gasteiger partial charge in [-0.3, -0.25) is 9.20 Å². The third kappa shape index (κ3) is 2.15. The molecule has 2 aromatic heterocycles. The molecule has 4 rings (SSSR count). The van der Waals surface area contributed by atoms with Crippen molar-refractivity contribution in [1.82, 2.24) is 9.38 Å². The summed E-state index contributed by atoms with van der Waals surface area (Å²) >= 11 is 0. The topological polar surface area (TPSA) is 46.7 Å². The number of dihydropyridines is 1. The first-order valence-corrected chi connectivity index (χ1v) is 7.10. The number of pyridine rings is 1. The zero-order chi connectivity index (χ0) is 14.9. The Labute approximate surface area is 127 Å². The highest BCUT2D eigenvalue weighted by Crippen LogP contribution is 2.25. The van der Waals surface area contributed by atoms with Crippen LogP contribution in [0.4, 0.5) is 0 Å². The molecule has 1 aliphatic rings. The number of nitrogens with zero attached hydrogens (tertiary/aromatic N) is 3. The quantitative estimate of drug-likeness (QED) is 0.725. The van der Waals surface area contributed by atoms with E-state index < -0.39 is 0 Å². The molecule has 4 nitrogen and oxygen atoms in total.